The zero-order valence-corrected chi connectivity index (χ0v) is 10.7. The van der Waals surface area contributed by atoms with Crippen molar-refractivity contribution in [2.24, 2.45) is 12.8 Å². The van der Waals surface area contributed by atoms with E-state index in [0.29, 0.717) is 12.3 Å². The molecule has 0 spiro atoms. The highest BCUT2D eigenvalue weighted by atomic mass is 16.5. The summed E-state index contributed by atoms with van der Waals surface area (Å²) in [6.45, 7) is 1.87. The number of carbonyl (C=O) groups excluding carboxylic acids is 1. The van der Waals surface area contributed by atoms with Gasteiger partial charge in [-0.1, -0.05) is 0 Å². The highest BCUT2D eigenvalue weighted by molar-refractivity contribution is 5.69. The summed E-state index contributed by atoms with van der Waals surface area (Å²) >= 11 is 0. The average Bonchev–Trinajstić information content (AvgIpc) is 2.59. The van der Waals surface area contributed by atoms with Crippen molar-refractivity contribution in [3.63, 3.8) is 0 Å². The molecule has 6 nitrogen and oxygen atoms in total. The fourth-order valence-corrected chi connectivity index (χ4v) is 1.84. The van der Waals surface area contributed by atoms with E-state index in [4.69, 9.17) is 10.5 Å². The maximum atomic E-state index is 11.1. The summed E-state index contributed by atoms with van der Waals surface area (Å²) < 4.78 is 11.5. The maximum Gasteiger partial charge on any atom is 0.305 e. The topological polar surface area (TPSA) is 79.4 Å². The quantitative estimate of drug-likeness (QED) is 0.767. The summed E-state index contributed by atoms with van der Waals surface area (Å²) in [6, 6.07) is -0.280. The molecular weight excluding hydrogens is 222 g/mol. The zero-order valence-electron chi connectivity index (χ0n) is 10.7. The first-order valence-corrected chi connectivity index (χ1v) is 5.41. The molecule has 1 unspecified atom stereocenters. The van der Waals surface area contributed by atoms with Gasteiger partial charge in [-0.05, 0) is 13.3 Å². The molecule has 0 aliphatic rings. The Bertz CT molecular complexity index is 401. The van der Waals surface area contributed by atoms with E-state index >= 15 is 0 Å². The number of hydrogen-bond donors (Lipinski definition) is 1. The second-order valence-corrected chi connectivity index (χ2v) is 3.85. The van der Waals surface area contributed by atoms with Crippen molar-refractivity contribution in [2.75, 3.05) is 14.2 Å². The second kappa shape index (κ2) is 5.67. The van der Waals surface area contributed by atoms with Crippen LogP contribution in [0.2, 0.25) is 0 Å². The minimum atomic E-state index is -0.280. The van der Waals surface area contributed by atoms with Gasteiger partial charge in [-0.2, -0.15) is 5.10 Å². The van der Waals surface area contributed by atoms with E-state index < -0.39 is 0 Å². The maximum absolute atomic E-state index is 11.1. The van der Waals surface area contributed by atoms with Gasteiger partial charge >= 0.3 is 5.97 Å². The molecule has 0 amide bonds. The molecule has 1 aromatic heterocycles. The van der Waals surface area contributed by atoms with Crippen molar-refractivity contribution in [2.45, 2.75) is 25.8 Å². The Labute approximate surface area is 101 Å². The van der Waals surface area contributed by atoms with E-state index in [2.05, 4.69) is 9.84 Å². The fraction of sp³-hybridized carbons (Fsp3) is 0.636. The van der Waals surface area contributed by atoms with Gasteiger partial charge in [0.15, 0.2) is 0 Å². The summed E-state index contributed by atoms with van der Waals surface area (Å²) in [7, 11) is 4.74. The molecule has 1 aromatic rings. The predicted molar refractivity (Wildman–Crippen MR) is 62.7 cm³/mol. The van der Waals surface area contributed by atoms with Gasteiger partial charge in [0.25, 0.3) is 0 Å². The molecule has 0 aromatic carbocycles. The smallest absolute Gasteiger partial charge is 0.305 e. The molecule has 1 rings (SSSR count). The normalized spacial score (nSPS) is 12.3. The van der Waals surface area contributed by atoms with Crippen LogP contribution in [0.15, 0.2) is 0 Å². The van der Waals surface area contributed by atoms with E-state index in [9.17, 15) is 4.79 Å². The lowest BCUT2D eigenvalue weighted by Gasteiger charge is -2.12. The molecule has 0 aliphatic heterocycles. The van der Waals surface area contributed by atoms with Crippen LogP contribution in [0.25, 0.3) is 0 Å². The minimum Gasteiger partial charge on any atom is -0.481 e. The number of nitrogens with zero attached hydrogens (tertiary/aromatic N) is 2. The molecule has 0 saturated carbocycles. The fourth-order valence-electron chi connectivity index (χ4n) is 1.84. The van der Waals surface area contributed by atoms with Crippen molar-refractivity contribution < 1.29 is 14.3 Å². The lowest BCUT2D eigenvalue weighted by atomic mass is 10.0. The Balaban J connectivity index is 2.81. The molecule has 0 aliphatic carbocycles. The lowest BCUT2D eigenvalue weighted by Crippen LogP contribution is -2.14. The molecule has 17 heavy (non-hydrogen) atoms. The Morgan fingerprint density at radius 1 is 1.53 bits per heavy atom. The highest BCUT2D eigenvalue weighted by Crippen LogP contribution is 2.28. The van der Waals surface area contributed by atoms with Crippen molar-refractivity contribution >= 4 is 5.97 Å². The number of nitrogens with two attached hydrogens (primary N) is 1. The SMILES string of the molecule is COC(=O)CCC(N)c1c(C)nn(C)c1OC. The van der Waals surface area contributed by atoms with Crippen LogP contribution in [-0.4, -0.2) is 30.0 Å². The van der Waals surface area contributed by atoms with Crippen LogP contribution in [0.3, 0.4) is 0 Å². The van der Waals surface area contributed by atoms with Gasteiger partial charge in [-0.25, -0.2) is 4.68 Å². The first-order chi connectivity index (χ1) is 8.01. The number of aryl methyl sites for hydroxylation is 2. The number of ether oxygens (including phenoxy) is 2. The molecule has 1 heterocycles. The van der Waals surface area contributed by atoms with Gasteiger partial charge in [0.2, 0.25) is 5.88 Å². The van der Waals surface area contributed by atoms with Crippen LogP contribution in [0, 0.1) is 6.92 Å². The van der Waals surface area contributed by atoms with E-state index in [1.807, 2.05) is 6.92 Å². The van der Waals surface area contributed by atoms with Crippen LogP contribution >= 0.6 is 0 Å². The van der Waals surface area contributed by atoms with Crippen LogP contribution in [0.4, 0.5) is 0 Å². The van der Waals surface area contributed by atoms with Crippen molar-refractivity contribution in [1.82, 2.24) is 9.78 Å². The third-order valence-corrected chi connectivity index (χ3v) is 2.67. The van der Waals surface area contributed by atoms with Crippen molar-refractivity contribution in [3.8, 4) is 5.88 Å². The minimum absolute atomic E-state index is 0.263. The number of carbonyl (C=O) groups is 1. The Morgan fingerprint density at radius 3 is 2.71 bits per heavy atom. The summed E-state index contributed by atoms with van der Waals surface area (Å²) in [5, 5.41) is 4.25. The van der Waals surface area contributed by atoms with E-state index in [-0.39, 0.29) is 18.4 Å². The van der Waals surface area contributed by atoms with Gasteiger partial charge < -0.3 is 15.2 Å². The van der Waals surface area contributed by atoms with Crippen molar-refractivity contribution in [3.05, 3.63) is 11.3 Å². The first-order valence-electron chi connectivity index (χ1n) is 5.41. The van der Waals surface area contributed by atoms with Crippen molar-refractivity contribution in [1.29, 1.82) is 0 Å². The predicted octanol–water partition coefficient (Wildman–Crippen LogP) is 0.690. The largest absolute Gasteiger partial charge is 0.481 e. The average molecular weight is 241 g/mol. The summed E-state index contributed by atoms with van der Waals surface area (Å²) in [5.41, 5.74) is 7.71. The van der Waals surface area contributed by atoms with Crippen LogP contribution in [0.1, 0.15) is 30.1 Å². The third-order valence-electron chi connectivity index (χ3n) is 2.67. The van der Waals surface area contributed by atoms with Gasteiger partial charge in [-0.3, -0.25) is 4.79 Å². The standard InChI is InChI=1S/C11H19N3O3/c1-7-10(11(17-4)14(2)13-7)8(12)5-6-9(15)16-3/h8H,5-6,12H2,1-4H3. The lowest BCUT2D eigenvalue weighted by molar-refractivity contribution is -0.140. The molecule has 0 fully saturated rings. The number of aromatic nitrogens is 2. The number of esters is 1. The van der Waals surface area contributed by atoms with Gasteiger partial charge in [0.1, 0.15) is 0 Å². The molecule has 2 N–H and O–H groups in total. The van der Waals surface area contributed by atoms with E-state index in [1.54, 1.807) is 18.8 Å². The highest BCUT2D eigenvalue weighted by Gasteiger charge is 2.20. The summed E-state index contributed by atoms with van der Waals surface area (Å²) in [6.07, 6.45) is 0.796. The summed E-state index contributed by atoms with van der Waals surface area (Å²) in [4.78, 5) is 11.1. The van der Waals surface area contributed by atoms with E-state index in [0.717, 1.165) is 11.3 Å². The summed E-state index contributed by atoms with van der Waals surface area (Å²) in [5.74, 6) is 0.376. The molecule has 0 saturated heterocycles. The first kappa shape index (κ1) is 13.5. The molecule has 6 heteroatoms. The van der Waals surface area contributed by atoms with E-state index in [1.165, 1.54) is 7.11 Å². The zero-order chi connectivity index (χ0) is 13.0. The number of hydrogen-bond acceptors (Lipinski definition) is 5. The number of rotatable bonds is 5. The van der Waals surface area contributed by atoms with Crippen LogP contribution < -0.4 is 10.5 Å². The second-order valence-electron chi connectivity index (χ2n) is 3.85. The van der Waals surface area contributed by atoms with Crippen LogP contribution in [-0.2, 0) is 16.6 Å². The van der Waals surface area contributed by atoms with Gasteiger partial charge in [-0.15, -0.1) is 0 Å². The third kappa shape index (κ3) is 2.97. The Kier molecular flexibility index (Phi) is 4.51. The molecule has 1 atom stereocenters. The molecule has 0 bridgehead atoms. The van der Waals surface area contributed by atoms with Crippen LogP contribution in [0.5, 0.6) is 5.88 Å². The molecular formula is C11H19N3O3. The molecule has 0 radical (unpaired) electrons. The monoisotopic (exact) mass is 241 g/mol. The Hall–Kier alpha value is -1.56. The number of methoxy groups -OCH3 is 2. The molecule has 96 valence electrons. The van der Waals surface area contributed by atoms with Gasteiger partial charge in [0, 0.05) is 19.5 Å². The van der Waals surface area contributed by atoms with Gasteiger partial charge in [0.05, 0.1) is 25.5 Å². The Morgan fingerprint density at radius 2 is 2.18 bits per heavy atom.